The molecule has 16 aromatic carbocycles. The number of nitriles is 2. The summed E-state index contributed by atoms with van der Waals surface area (Å²) >= 11 is 0. The monoisotopic (exact) mass is 1550 g/mol. The summed E-state index contributed by atoms with van der Waals surface area (Å²) in [6.45, 7) is 22.4. The van der Waals surface area contributed by atoms with Crippen molar-refractivity contribution < 1.29 is 26.3 Å². The quantitative estimate of drug-likeness (QED) is 0.101. The first-order valence-electron chi connectivity index (χ1n) is 38.6. The number of alkyl halides is 6. The lowest BCUT2D eigenvalue weighted by Gasteiger charge is -2.22. The van der Waals surface area contributed by atoms with Crippen molar-refractivity contribution in [2.75, 3.05) is 0 Å². The first-order valence-corrected chi connectivity index (χ1v) is 38.6. The molecule has 0 unspecified atom stereocenters. The molecule has 0 N–H and O–H groups in total. The molecule has 119 heavy (non-hydrogen) atoms. The minimum absolute atomic E-state index is 0.145. The summed E-state index contributed by atoms with van der Waals surface area (Å²) in [7, 11) is 0. The highest BCUT2D eigenvalue weighted by atomic mass is 19.4. The molecular formula is C105H64F6N8. The molecule has 4 aromatic heterocycles. The van der Waals surface area contributed by atoms with Crippen LogP contribution in [0.5, 0.6) is 0 Å². The molecule has 0 atom stereocenters. The number of nitrogens with zero attached hydrogens (tertiary/aromatic N) is 8. The van der Waals surface area contributed by atoms with Gasteiger partial charge in [0.05, 0.1) is 102 Å². The molecule has 0 aliphatic carbocycles. The van der Waals surface area contributed by atoms with Crippen LogP contribution in [0.4, 0.5) is 37.7 Å². The van der Waals surface area contributed by atoms with Gasteiger partial charge < -0.3 is 18.3 Å². The normalized spacial score (nSPS) is 11.7. The minimum Gasteiger partial charge on any atom is -0.309 e. The van der Waals surface area contributed by atoms with Gasteiger partial charge >= 0.3 is 12.4 Å². The second kappa shape index (κ2) is 29.0. The number of halogens is 6. The fourth-order valence-corrected chi connectivity index (χ4v) is 17.3. The molecule has 20 aromatic rings. The van der Waals surface area contributed by atoms with Crippen LogP contribution >= 0.6 is 0 Å². The topological polar surface area (TPSA) is 76.0 Å². The van der Waals surface area contributed by atoms with E-state index in [1.807, 2.05) is 209 Å². The molecule has 566 valence electrons. The number of benzene rings is 16. The molecule has 0 fully saturated rings. The maximum atomic E-state index is 15.3. The van der Waals surface area contributed by atoms with E-state index in [0.29, 0.717) is 22.7 Å². The van der Waals surface area contributed by atoms with Gasteiger partial charge in [-0.05, 0) is 161 Å². The Bertz CT molecular complexity index is 7760. The lowest BCUT2D eigenvalue weighted by Crippen LogP contribution is -2.10. The van der Waals surface area contributed by atoms with Gasteiger partial charge in [0.15, 0.2) is 11.4 Å². The highest BCUT2D eigenvalue weighted by molar-refractivity contribution is 6.15. The molecule has 0 saturated carbocycles. The summed E-state index contributed by atoms with van der Waals surface area (Å²) in [6, 6.07) is 110. The molecular weight excluding hydrogens is 1490 g/mol. The fraction of sp³-hybridized carbons (Fsp3) is 0.0476. The predicted molar refractivity (Wildman–Crippen MR) is 469 cm³/mol. The van der Waals surface area contributed by atoms with Crippen LogP contribution in [0.1, 0.15) is 38.9 Å². The van der Waals surface area contributed by atoms with Crippen LogP contribution < -0.4 is 0 Å². The minimum atomic E-state index is -4.80. The van der Waals surface area contributed by atoms with Crippen LogP contribution in [0.25, 0.3) is 186 Å². The fourth-order valence-electron chi connectivity index (χ4n) is 17.3. The molecule has 0 aliphatic heterocycles. The Hall–Kier alpha value is -15.7. The molecule has 8 nitrogen and oxygen atoms in total. The smallest absolute Gasteiger partial charge is 0.309 e. The van der Waals surface area contributed by atoms with E-state index in [2.05, 4.69) is 125 Å². The SMILES string of the molecule is [C-]#[N+]c1cccc(C(F)(F)F)c1-c1cc(-n2c3ccccc3c3cc(-c4ccc(C)cc4)ccc32)c(C#N)cc1-n1c2ccccc2c2cc(-c3ccccc3)ccc21.[C-]#[N+]c1cccc(C(F)(F)F)c1-c1cc(-n2c3ccccc3c3ccc(-c4ccc(C)cc4)cc32)c(C#N)cc1-n1c2ccccc2c2ccc(-c3ccc(C)cc3)cc21. The van der Waals surface area contributed by atoms with Crippen LogP contribution in [0.3, 0.4) is 0 Å². The van der Waals surface area contributed by atoms with Crippen molar-refractivity contribution in [3.05, 3.63) is 395 Å². The Labute approximate surface area is 679 Å². The molecule has 0 saturated heterocycles. The largest absolute Gasteiger partial charge is 0.415 e. The average Bonchev–Trinajstić information content (AvgIpc) is 1.59. The van der Waals surface area contributed by atoms with Gasteiger partial charge in [-0.1, -0.05) is 265 Å². The summed E-state index contributed by atoms with van der Waals surface area (Å²) in [6.07, 6.45) is -9.58. The van der Waals surface area contributed by atoms with Crippen LogP contribution in [0.2, 0.25) is 0 Å². The lowest BCUT2D eigenvalue weighted by molar-refractivity contribution is -0.137. The summed E-state index contributed by atoms with van der Waals surface area (Å²) in [4.78, 5) is 7.35. The van der Waals surface area contributed by atoms with Crippen molar-refractivity contribution in [3.8, 4) is 102 Å². The van der Waals surface area contributed by atoms with Crippen LogP contribution in [0.15, 0.2) is 334 Å². The summed E-state index contributed by atoms with van der Waals surface area (Å²) < 4.78 is 99.3. The van der Waals surface area contributed by atoms with Crippen molar-refractivity contribution in [2.45, 2.75) is 33.1 Å². The molecule has 0 amide bonds. The molecule has 0 aliphatic rings. The van der Waals surface area contributed by atoms with Crippen molar-refractivity contribution >= 4 is 98.6 Å². The van der Waals surface area contributed by atoms with Crippen molar-refractivity contribution in [1.29, 1.82) is 10.5 Å². The Morgan fingerprint density at radius 2 is 0.546 bits per heavy atom. The number of para-hydroxylation sites is 4. The summed E-state index contributed by atoms with van der Waals surface area (Å²) in [5.41, 5.74) is 17.3. The zero-order valence-electron chi connectivity index (χ0n) is 64.1. The molecule has 0 spiro atoms. The number of hydrogen-bond acceptors (Lipinski definition) is 2. The Morgan fingerprint density at radius 3 is 0.908 bits per heavy atom. The van der Waals surface area contributed by atoms with Crippen LogP contribution in [-0.2, 0) is 12.4 Å². The molecule has 14 heteroatoms. The van der Waals surface area contributed by atoms with Gasteiger partial charge in [0.2, 0.25) is 0 Å². The first kappa shape index (κ1) is 73.4. The van der Waals surface area contributed by atoms with Gasteiger partial charge in [0, 0.05) is 54.2 Å². The Morgan fingerprint density at radius 1 is 0.261 bits per heavy atom. The van der Waals surface area contributed by atoms with Gasteiger partial charge in [-0.3, -0.25) is 0 Å². The van der Waals surface area contributed by atoms with E-state index >= 15 is 26.3 Å². The number of aryl methyl sites for hydroxylation is 3. The van der Waals surface area contributed by atoms with Crippen LogP contribution in [0, 0.1) is 56.6 Å². The third-order valence-electron chi connectivity index (χ3n) is 22.9. The van der Waals surface area contributed by atoms with Gasteiger partial charge in [-0.25, -0.2) is 9.69 Å². The Balaban J connectivity index is 0.000000158. The highest BCUT2D eigenvalue weighted by Gasteiger charge is 2.38. The molecule has 0 radical (unpaired) electrons. The third kappa shape index (κ3) is 12.5. The molecule has 4 heterocycles. The second-order valence-electron chi connectivity index (χ2n) is 29.9. The third-order valence-corrected chi connectivity index (χ3v) is 22.9. The van der Waals surface area contributed by atoms with Crippen molar-refractivity contribution in [2.24, 2.45) is 0 Å². The molecule has 20 rings (SSSR count). The van der Waals surface area contributed by atoms with Gasteiger partial charge in [0.25, 0.3) is 0 Å². The van der Waals surface area contributed by atoms with E-state index in [1.165, 1.54) is 24.3 Å². The number of fused-ring (bicyclic) bond motifs is 12. The number of hydrogen-bond donors (Lipinski definition) is 0. The van der Waals surface area contributed by atoms with E-state index in [-0.39, 0.29) is 44.8 Å². The maximum absolute atomic E-state index is 15.3. The van der Waals surface area contributed by atoms with Crippen molar-refractivity contribution in [1.82, 2.24) is 18.3 Å². The van der Waals surface area contributed by atoms with E-state index in [9.17, 15) is 10.5 Å². The van der Waals surface area contributed by atoms with E-state index in [4.69, 9.17) is 13.1 Å². The first-order chi connectivity index (χ1) is 57.8. The van der Waals surface area contributed by atoms with Gasteiger partial charge in [-0.2, -0.15) is 36.9 Å². The lowest BCUT2D eigenvalue weighted by atomic mass is 9.93. The molecule has 0 bridgehead atoms. The number of aromatic nitrogens is 4. The zero-order chi connectivity index (χ0) is 81.7. The number of rotatable bonds is 10. The van der Waals surface area contributed by atoms with Crippen molar-refractivity contribution in [3.63, 3.8) is 0 Å². The summed E-state index contributed by atoms with van der Waals surface area (Å²) in [5.74, 6) is 0. The van der Waals surface area contributed by atoms with Gasteiger partial charge in [0.1, 0.15) is 12.1 Å². The summed E-state index contributed by atoms with van der Waals surface area (Å²) in [5, 5.41) is 29.5. The van der Waals surface area contributed by atoms with E-state index in [1.54, 1.807) is 24.3 Å². The maximum Gasteiger partial charge on any atom is 0.415 e. The van der Waals surface area contributed by atoms with E-state index < -0.39 is 23.5 Å². The zero-order valence-corrected chi connectivity index (χ0v) is 64.1. The van der Waals surface area contributed by atoms with Crippen LogP contribution in [-0.4, -0.2) is 18.3 Å². The predicted octanol–water partition coefficient (Wildman–Crippen LogP) is 29.6. The van der Waals surface area contributed by atoms with E-state index in [0.717, 1.165) is 161 Å². The highest BCUT2D eigenvalue weighted by Crippen LogP contribution is 2.52. The second-order valence-corrected chi connectivity index (χ2v) is 29.9. The average molecular weight is 1550 g/mol. The van der Waals surface area contributed by atoms with Gasteiger partial charge in [-0.15, -0.1) is 0 Å². The Kier molecular flexibility index (Phi) is 17.9. The standard InChI is InChI=1S/C53H33F3N4.C52H31F3N4/c1-32-15-19-34(20-16-32)36-23-25-41-39-9-4-6-13-46(39)59(49(41)27-36)48-30-43(52-44(53(54,55)56)11-8-12-45(52)58-3)51(29-38(48)31-57)60-47-14-7-5-10-40(47)42-26-24-37(28-50(42)60)35-21-17-33(2)18-22-35;1-32-19-21-34(22-20-32)36-24-25-47-40(28-36)38-13-6-8-17-45(38)58(47)49-30-42(51-43(52(53,54)55)15-10-16-44(51)57-2)50(29-37(49)31-56)59-46-18-9-7-14-39(46)41-27-35(23-26-48(41)59)33-11-4-3-5-12-33/h4-30H,1-2H3;3-30H,1H3.